The number of aryl methyl sites for hydroxylation is 1. The van der Waals surface area contributed by atoms with E-state index in [1.807, 2.05) is 69.3 Å². The molecule has 0 aliphatic carbocycles. The molecule has 0 atom stereocenters. The highest BCUT2D eigenvalue weighted by Crippen LogP contribution is 2.23. The Morgan fingerprint density at radius 1 is 1.07 bits per heavy atom. The van der Waals surface area contributed by atoms with E-state index in [1.54, 1.807) is 12.1 Å². The van der Waals surface area contributed by atoms with Gasteiger partial charge in [0.15, 0.2) is 0 Å². The van der Waals surface area contributed by atoms with Crippen LogP contribution in [-0.4, -0.2) is 23.5 Å². The van der Waals surface area contributed by atoms with Crippen LogP contribution in [0.25, 0.3) is 0 Å². The van der Waals surface area contributed by atoms with Gasteiger partial charge in [0.25, 0.3) is 5.91 Å². The van der Waals surface area contributed by atoms with Crippen molar-refractivity contribution < 1.29 is 9.53 Å². The van der Waals surface area contributed by atoms with Crippen LogP contribution in [0.3, 0.4) is 0 Å². The highest BCUT2D eigenvalue weighted by atomic mass is 16.5. The molecule has 0 saturated heterocycles. The molecule has 4 N–H and O–H groups in total. The standard InChI is InChI=1S/C24H28N4O2/c1-16(2)30-22-15-17(3)7-12-21(22)24(29)28-20-10-8-18(9-11-20)26-14-13-19-5-4-6-23(25)27-19/h4-12,15-16,26H,13-14H2,1-3H3,(H2,25,27)(H,28,29). The average molecular weight is 405 g/mol. The summed E-state index contributed by atoms with van der Waals surface area (Å²) in [5, 5.41) is 6.28. The van der Waals surface area contributed by atoms with Crippen molar-refractivity contribution in [2.24, 2.45) is 0 Å². The summed E-state index contributed by atoms with van der Waals surface area (Å²) in [6.07, 6.45) is 0.765. The number of aromatic nitrogens is 1. The minimum Gasteiger partial charge on any atom is -0.490 e. The van der Waals surface area contributed by atoms with Gasteiger partial charge < -0.3 is 21.1 Å². The lowest BCUT2D eigenvalue weighted by Crippen LogP contribution is -2.16. The van der Waals surface area contributed by atoms with Crippen LogP contribution in [-0.2, 0) is 6.42 Å². The predicted molar refractivity (Wildman–Crippen MR) is 122 cm³/mol. The molecule has 1 amide bonds. The summed E-state index contributed by atoms with van der Waals surface area (Å²) in [5.41, 5.74) is 9.91. The number of benzene rings is 2. The summed E-state index contributed by atoms with van der Waals surface area (Å²) in [6.45, 7) is 6.60. The second kappa shape index (κ2) is 9.78. The van der Waals surface area contributed by atoms with Crippen molar-refractivity contribution in [1.29, 1.82) is 0 Å². The van der Waals surface area contributed by atoms with E-state index in [0.717, 1.165) is 35.6 Å². The van der Waals surface area contributed by atoms with Gasteiger partial charge in [-0.3, -0.25) is 4.79 Å². The maximum atomic E-state index is 12.7. The van der Waals surface area contributed by atoms with Crippen molar-refractivity contribution >= 4 is 23.1 Å². The number of pyridine rings is 1. The van der Waals surface area contributed by atoms with Gasteiger partial charge in [0, 0.05) is 30.0 Å². The number of hydrogen-bond donors (Lipinski definition) is 3. The molecule has 2 aromatic carbocycles. The molecule has 0 saturated carbocycles. The molecule has 0 fully saturated rings. The van der Waals surface area contributed by atoms with Crippen LogP contribution < -0.4 is 21.1 Å². The summed E-state index contributed by atoms with van der Waals surface area (Å²) in [6, 6.07) is 18.8. The molecule has 0 aliphatic heterocycles. The molecule has 6 heteroatoms. The highest BCUT2D eigenvalue weighted by Gasteiger charge is 2.14. The molecule has 156 valence electrons. The van der Waals surface area contributed by atoms with E-state index in [9.17, 15) is 4.79 Å². The van der Waals surface area contributed by atoms with Crippen LogP contribution in [0.2, 0.25) is 0 Å². The zero-order valence-electron chi connectivity index (χ0n) is 17.6. The van der Waals surface area contributed by atoms with E-state index in [2.05, 4.69) is 15.6 Å². The molecule has 0 radical (unpaired) electrons. The fourth-order valence-corrected chi connectivity index (χ4v) is 3.01. The fraction of sp³-hybridized carbons (Fsp3) is 0.250. The Morgan fingerprint density at radius 3 is 2.50 bits per heavy atom. The van der Waals surface area contributed by atoms with Crippen LogP contribution in [0.4, 0.5) is 17.2 Å². The van der Waals surface area contributed by atoms with Gasteiger partial charge in [0.2, 0.25) is 0 Å². The number of hydrogen-bond acceptors (Lipinski definition) is 5. The van der Waals surface area contributed by atoms with Crippen molar-refractivity contribution in [3.05, 3.63) is 77.5 Å². The summed E-state index contributed by atoms with van der Waals surface area (Å²) in [7, 11) is 0. The number of ether oxygens (including phenoxy) is 1. The van der Waals surface area contributed by atoms with Crippen molar-refractivity contribution in [1.82, 2.24) is 4.98 Å². The largest absolute Gasteiger partial charge is 0.490 e. The van der Waals surface area contributed by atoms with E-state index < -0.39 is 0 Å². The number of anilines is 3. The molecule has 0 spiro atoms. The second-order valence-corrected chi connectivity index (χ2v) is 7.43. The Labute approximate surface area is 177 Å². The van der Waals surface area contributed by atoms with Crippen molar-refractivity contribution in [2.45, 2.75) is 33.3 Å². The van der Waals surface area contributed by atoms with Crippen LogP contribution in [0.5, 0.6) is 5.75 Å². The topological polar surface area (TPSA) is 89.3 Å². The Hall–Kier alpha value is -3.54. The normalized spacial score (nSPS) is 10.7. The molecule has 0 unspecified atom stereocenters. The van der Waals surface area contributed by atoms with Crippen LogP contribution >= 0.6 is 0 Å². The summed E-state index contributed by atoms with van der Waals surface area (Å²) in [4.78, 5) is 17.0. The number of rotatable bonds is 8. The minimum absolute atomic E-state index is 0.00812. The number of nitrogens with two attached hydrogens (primary N) is 1. The molecule has 3 aromatic rings. The van der Waals surface area contributed by atoms with E-state index in [-0.39, 0.29) is 12.0 Å². The maximum absolute atomic E-state index is 12.7. The van der Waals surface area contributed by atoms with Gasteiger partial charge in [-0.1, -0.05) is 12.1 Å². The Morgan fingerprint density at radius 2 is 1.80 bits per heavy atom. The molecule has 0 bridgehead atoms. The smallest absolute Gasteiger partial charge is 0.259 e. The van der Waals surface area contributed by atoms with E-state index in [1.165, 1.54) is 0 Å². The summed E-state index contributed by atoms with van der Waals surface area (Å²) >= 11 is 0. The SMILES string of the molecule is Cc1ccc(C(=O)Nc2ccc(NCCc3cccc(N)n3)cc2)c(OC(C)C)c1. The number of nitrogens with one attached hydrogen (secondary N) is 2. The summed E-state index contributed by atoms with van der Waals surface area (Å²) in [5.74, 6) is 0.929. The fourth-order valence-electron chi connectivity index (χ4n) is 3.01. The highest BCUT2D eigenvalue weighted by molar-refractivity contribution is 6.06. The zero-order valence-corrected chi connectivity index (χ0v) is 17.6. The second-order valence-electron chi connectivity index (χ2n) is 7.43. The van der Waals surface area contributed by atoms with Crippen molar-refractivity contribution in [2.75, 3.05) is 22.9 Å². The molecule has 30 heavy (non-hydrogen) atoms. The number of carbonyl (C=O) groups excluding carboxylic acids is 1. The van der Waals surface area contributed by atoms with Crippen molar-refractivity contribution in [3.63, 3.8) is 0 Å². The molecular formula is C24H28N4O2. The maximum Gasteiger partial charge on any atom is 0.259 e. The van der Waals surface area contributed by atoms with Gasteiger partial charge in [-0.2, -0.15) is 0 Å². The van der Waals surface area contributed by atoms with E-state index >= 15 is 0 Å². The number of amides is 1. The monoisotopic (exact) mass is 404 g/mol. The lowest BCUT2D eigenvalue weighted by atomic mass is 10.1. The zero-order chi connectivity index (χ0) is 21.5. The van der Waals surface area contributed by atoms with Gasteiger partial charge in [0.1, 0.15) is 11.6 Å². The molecule has 3 rings (SSSR count). The average Bonchev–Trinajstić information content (AvgIpc) is 2.69. The van der Waals surface area contributed by atoms with E-state index in [0.29, 0.717) is 17.1 Å². The summed E-state index contributed by atoms with van der Waals surface area (Å²) < 4.78 is 5.81. The quantitative estimate of drug-likeness (QED) is 0.508. The molecule has 6 nitrogen and oxygen atoms in total. The minimum atomic E-state index is -0.195. The predicted octanol–water partition coefficient (Wildman–Crippen LogP) is 4.67. The Bertz CT molecular complexity index is 1000. The first-order valence-electron chi connectivity index (χ1n) is 10.0. The molecular weight excluding hydrogens is 376 g/mol. The third kappa shape index (κ3) is 5.98. The number of carbonyl (C=O) groups is 1. The molecule has 0 aliphatic rings. The van der Waals surface area contributed by atoms with Gasteiger partial charge in [-0.25, -0.2) is 4.98 Å². The third-order valence-electron chi connectivity index (χ3n) is 4.43. The first-order chi connectivity index (χ1) is 14.4. The number of nitrogen functional groups attached to an aromatic ring is 1. The van der Waals surface area contributed by atoms with E-state index in [4.69, 9.17) is 10.5 Å². The van der Waals surface area contributed by atoms with Crippen molar-refractivity contribution in [3.8, 4) is 5.75 Å². The lowest BCUT2D eigenvalue weighted by molar-refractivity contribution is 0.102. The molecule has 1 aromatic heterocycles. The van der Waals surface area contributed by atoms with Crippen LogP contribution in [0.15, 0.2) is 60.7 Å². The first kappa shape index (κ1) is 21.2. The Balaban J connectivity index is 1.58. The molecule has 1 heterocycles. The number of nitrogens with zero attached hydrogens (tertiary/aromatic N) is 1. The lowest BCUT2D eigenvalue weighted by Gasteiger charge is -2.15. The van der Waals surface area contributed by atoms with Gasteiger partial charge in [-0.05, 0) is 74.9 Å². The first-order valence-corrected chi connectivity index (χ1v) is 10.0. The van der Waals surface area contributed by atoms with Crippen LogP contribution in [0, 0.1) is 6.92 Å². The van der Waals surface area contributed by atoms with Crippen LogP contribution in [0.1, 0.15) is 35.5 Å². The van der Waals surface area contributed by atoms with Gasteiger partial charge >= 0.3 is 0 Å². The van der Waals surface area contributed by atoms with Gasteiger partial charge in [0.05, 0.1) is 11.7 Å². The third-order valence-corrected chi connectivity index (χ3v) is 4.43. The van der Waals surface area contributed by atoms with Gasteiger partial charge in [-0.15, -0.1) is 0 Å². The Kier molecular flexibility index (Phi) is 6.91.